The normalized spacial score (nSPS) is 36.0. The third-order valence-electron chi connectivity index (χ3n) is 3.68. The van der Waals surface area contributed by atoms with Crippen molar-refractivity contribution in [3.63, 3.8) is 0 Å². The third kappa shape index (κ3) is 3.61. The molecule has 1 N–H and O–H groups in total. The topological polar surface area (TPSA) is 12.0 Å². The Morgan fingerprint density at radius 1 is 0.929 bits per heavy atom. The van der Waals surface area contributed by atoms with Crippen LogP contribution in [0.3, 0.4) is 0 Å². The Labute approximate surface area is 89.7 Å². The molecule has 0 unspecified atom stereocenters. The second kappa shape index (κ2) is 5.16. The van der Waals surface area contributed by atoms with Crippen LogP contribution in [0.5, 0.6) is 0 Å². The summed E-state index contributed by atoms with van der Waals surface area (Å²) in [6, 6.07) is 1.43. The van der Waals surface area contributed by atoms with Gasteiger partial charge in [-0.3, -0.25) is 0 Å². The van der Waals surface area contributed by atoms with E-state index in [2.05, 4.69) is 39.9 Å². The van der Waals surface area contributed by atoms with Gasteiger partial charge < -0.3 is 5.32 Å². The Bertz CT molecular complexity index is 155. The van der Waals surface area contributed by atoms with Gasteiger partial charge in [0.05, 0.1) is 0 Å². The molecule has 0 aromatic rings. The van der Waals surface area contributed by atoms with Gasteiger partial charge in [-0.05, 0) is 43.9 Å². The first kappa shape index (κ1) is 12.0. The molecular formula is C13H27N. The summed E-state index contributed by atoms with van der Waals surface area (Å²) in [6.45, 7) is 11.7. The third-order valence-corrected chi connectivity index (χ3v) is 3.68. The van der Waals surface area contributed by atoms with Crippen LogP contribution >= 0.6 is 0 Å². The van der Waals surface area contributed by atoms with E-state index in [-0.39, 0.29) is 0 Å². The Kier molecular flexibility index (Phi) is 4.43. The van der Waals surface area contributed by atoms with Crippen LogP contribution in [0.2, 0.25) is 0 Å². The zero-order valence-corrected chi connectivity index (χ0v) is 10.5. The van der Waals surface area contributed by atoms with E-state index in [1.54, 1.807) is 0 Å². The maximum absolute atomic E-state index is 3.78. The molecule has 84 valence electrons. The quantitative estimate of drug-likeness (QED) is 0.731. The summed E-state index contributed by atoms with van der Waals surface area (Å²) in [5.41, 5.74) is 0. The molecule has 0 radical (unpaired) electrons. The van der Waals surface area contributed by atoms with E-state index in [0.29, 0.717) is 6.04 Å². The van der Waals surface area contributed by atoms with Crippen LogP contribution in [0.25, 0.3) is 0 Å². The van der Waals surface area contributed by atoms with Crippen molar-refractivity contribution in [1.29, 1.82) is 0 Å². The Balaban J connectivity index is 2.36. The van der Waals surface area contributed by atoms with Crippen molar-refractivity contribution < 1.29 is 0 Å². The van der Waals surface area contributed by atoms with Gasteiger partial charge in [0.1, 0.15) is 0 Å². The summed E-state index contributed by atoms with van der Waals surface area (Å²) in [7, 11) is 0. The monoisotopic (exact) mass is 197 g/mol. The van der Waals surface area contributed by atoms with Crippen LogP contribution in [0.1, 0.15) is 53.9 Å². The van der Waals surface area contributed by atoms with Crippen molar-refractivity contribution in [2.45, 2.75) is 66.0 Å². The van der Waals surface area contributed by atoms with Gasteiger partial charge in [0.2, 0.25) is 0 Å². The molecule has 1 rings (SSSR count). The molecule has 1 heteroatoms. The highest BCUT2D eigenvalue weighted by atomic mass is 15.0. The Morgan fingerprint density at radius 3 is 1.86 bits per heavy atom. The van der Waals surface area contributed by atoms with Gasteiger partial charge in [0.15, 0.2) is 0 Å². The van der Waals surface area contributed by atoms with Gasteiger partial charge in [0.25, 0.3) is 0 Å². The minimum atomic E-state index is 0.664. The van der Waals surface area contributed by atoms with Crippen molar-refractivity contribution in [1.82, 2.24) is 5.32 Å². The molecule has 0 aromatic carbocycles. The first-order chi connectivity index (χ1) is 6.49. The lowest BCUT2D eigenvalue weighted by molar-refractivity contribution is 0.217. The summed E-state index contributed by atoms with van der Waals surface area (Å²) in [6.07, 6.45) is 4.18. The van der Waals surface area contributed by atoms with Gasteiger partial charge in [-0.1, -0.05) is 27.7 Å². The maximum Gasteiger partial charge on any atom is 0.00747 e. The average molecular weight is 197 g/mol. The summed E-state index contributed by atoms with van der Waals surface area (Å²) in [5.74, 6) is 2.58. The SMILES string of the molecule is CC(C)[C@H](C)NC1C[C@H](C)C[C@@H](C)C1. The van der Waals surface area contributed by atoms with Gasteiger partial charge in [-0.2, -0.15) is 0 Å². The van der Waals surface area contributed by atoms with E-state index in [0.717, 1.165) is 23.8 Å². The molecule has 0 saturated heterocycles. The van der Waals surface area contributed by atoms with Gasteiger partial charge in [-0.25, -0.2) is 0 Å². The lowest BCUT2D eigenvalue weighted by atomic mass is 9.80. The largest absolute Gasteiger partial charge is 0.311 e. The van der Waals surface area contributed by atoms with Crippen molar-refractivity contribution in [2.24, 2.45) is 17.8 Å². The van der Waals surface area contributed by atoms with Crippen molar-refractivity contribution in [3.05, 3.63) is 0 Å². The smallest absolute Gasteiger partial charge is 0.00747 e. The van der Waals surface area contributed by atoms with Gasteiger partial charge >= 0.3 is 0 Å². The first-order valence-corrected chi connectivity index (χ1v) is 6.25. The molecule has 1 nitrogen and oxygen atoms in total. The number of hydrogen-bond acceptors (Lipinski definition) is 1. The molecule has 0 heterocycles. The van der Waals surface area contributed by atoms with E-state index in [1.165, 1.54) is 19.3 Å². The summed E-state index contributed by atoms with van der Waals surface area (Å²) in [4.78, 5) is 0. The predicted octanol–water partition coefficient (Wildman–Crippen LogP) is 3.45. The number of rotatable bonds is 3. The molecule has 0 spiro atoms. The van der Waals surface area contributed by atoms with Gasteiger partial charge in [0, 0.05) is 12.1 Å². The lowest BCUT2D eigenvalue weighted by Crippen LogP contribution is -2.43. The summed E-state index contributed by atoms with van der Waals surface area (Å²) < 4.78 is 0. The molecule has 0 bridgehead atoms. The molecule has 1 aliphatic rings. The van der Waals surface area contributed by atoms with Crippen LogP contribution in [-0.2, 0) is 0 Å². The standard InChI is InChI=1S/C13H27N/c1-9(2)12(5)14-13-7-10(3)6-11(4)8-13/h9-14H,6-8H2,1-5H3/t10-,11-,12+/m1/s1. The molecular weight excluding hydrogens is 170 g/mol. The van der Waals surface area contributed by atoms with Crippen LogP contribution in [0.15, 0.2) is 0 Å². The second-order valence-electron chi connectivity index (χ2n) is 5.81. The fourth-order valence-corrected chi connectivity index (χ4v) is 2.65. The van der Waals surface area contributed by atoms with E-state index >= 15 is 0 Å². The zero-order valence-electron chi connectivity index (χ0n) is 10.5. The molecule has 3 atom stereocenters. The second-order valence-corrected chi connectivity index (χ2v) is 5.81. The highest BCUT2D eigenvalue weighted by Crippen LogP contribution is 2.28. The number of nitrogens with one attached hydrogen (secondary N) is 1. The Hall–Kier alpha value is -0.0400. The van der Waals surface area contributed by atoms with E-state index in [1.807, 2.05) is 0 Å². The molecule has 0 amide bonds. The highest BCUT2D eigenvalue weighted by Gasteiger charge is 2.25. The molecule has 1 aliphatic carbocycles. The fourth-order valence-electron chi connectivity index (χ4n) is 2.65. The van der Waals surface area contributed by atoms with Gasteiger partial charge in [-0.15, -0.1) is 0 Å². The molecule has 0 aliphatic heterocycles. The van der Waals surface area contributed by atoms with E-state index in [9.17, 15) is 0 Å². The maximum atomic E-state index is 3.78. The molecule has 1 fully saturated rings. The average Bonchev–Trinajstić information content (AvgIpc) is 2.01. The number of hydrogen-bond donors (Lipinski definition) is 1. The highest BCUT2D eigenvalue weighted by molar-refractivity contribution is 4.82. The van der Waals surface area contributed by atoms with Crippen molar-refractivity contribution >= 4 is 0 Å². The minimum absolute atomic E-state index is 0.664. The molecule has 1 saturated carbocycles. The van der Waals surface area contributed by atoms with Crippen molar-refractivity contribution in [2.75, 3.05) is 0 Å². The van der Waals surface area contributed by atoms with Crippen LogP contribution < -0.4 is 5.32 Å². The van der Waals surface area contributed by atoms with Crippen LogP contribution in [-0.4, -0.2) is 12.1 Å². The lowest BCUT2D eigenvalue weighted by Gasteiger charge is -2.34. The van der Waals surface area contributed by atoms with Crippen LogP contribution in [0, 0.1) is 17.8 Å². The van der Waals surface area contributed by atoms with Crippen LogP contribution in [0.4, 0.5) is 0 Å². The summed E-state index contributed by atoms with van der Waals surface area (Å²) >= 11 is 0. The Morgan fingerprint density at radius 2 is 1.43 bits per heavy atom. The first-order valence-electron chi connectivity index (χ1n) is 6.25. The van der Waals surface area contributed by atoms with E-state index in [4.69, 9.17) is 0 Å². The molecule has 0 aromatic heterocycles. The van der Waals surface area contributed by atoms with Crippen molar-refractivity contribution in [3.8, 4) is 0 Å². The predicted molar refractivity (Wildman–Crippen MR) is 63.4 cm³/mol. The summed E-state index contributed by atoms with van der Waals surface area (Å²) in [5, 5.41) is 3.78. The van der Waals surface area contributed by atoms with E-state index < -0.39 is 0 Å². The molecule has 14 heavy (non-hydrogen) atoms. The zero-order chi connectivity index (χ0) is 10.7. The minimum Gasteiger partial charge on any atom is -0.311 e. The fraction of sp³-hybridized carbons (Fsp3) is 1.00.